The molecule has 0 atom stereocenters. The van der Waals surface area contributed by atoms with Crippen LogP contribution in [-0.4, -0.2) is 50.1 Å². The Morgan fingerprint density at radius 1 is 1.04 bits per heavy atom. The first-order chi connectivity index (χ1) is 10.9. The second-order valence-corrected chi connectivity index (χ2v) is 4.90. The number of furan rings is 1. The normalized spacial score (nSPS) is 10.7. The van der Waals surface area contributed by atoms with Crippen LogP contribution in [0.5, 0.6) is 0 Å². The highest BCUT2D eigenvalue weighted by Crippen LogP contribution is 2.19. The second-order valence-electron chi connectivity index (χ2n) is 4.90. The highest BCUT2D eigenvalue weighted by atomic mass is 16.3. The molecule has 1 aromatic heterocycles. The lowest BCUT2D eigenvalue weighted by atomic mass is 10.2. The number of hydrazone groups is 2. The summed E-state index contributed by atoms with van der Waals surface area (Å²) >= 11 is 0. The molecule has 1 heterocycles. The fourth-order valence-electron chi connectivity index (χ4n) is 1.74. The summed E-state index contributed by atoms with van der Waals surface area (Å²) in [5.74, 6) is 0.824. The fraction of sp³-hybridized carbons (Fsp3) is 0.444. The van der Waals surface area contributed by atoms with Gasteiger partial charge in [0, 0.05) is 39.8 Å². The van der Waals surface area contributed by atoms with Crippen LogP contribution in [0.4, 0.5) is 0 Å². The smallest absolute Gasteiger partial charge is 0.151 e. The van der Waals surface area contributed by atoms with Crippen molar-refractivity contribution in [3.63, 3.8) is 0 Å². The Kier molecular flexibility index (Phi) is 10.2. The molecule has 0 bridgehead atoms. The molecule has 2 rings (SSSR count). The minimum absolute atomic E-state index is 0.824. The van der Waals surface area contributed by atoms with Gasteiger partial charge in [-0.1, -0.05) is 32.0 Å². The molecule has 0 radical (unpaired) electrons. The minimum Gasteiger partial charge on any atom is -0.455 e. The van der Waals surface area contributed by atoms with Gasteiger partial charge in [-0.3, -0.25) is 0 Å². The Labute approximate surface area is 140 Å². The molecule has 5 heteroatoms. The average Bonchev–Trinajstić information content (AvgIpc) is 2.93. The Balaban J connectivity index is 0.000000515. The molecule has 0 N–H and O–H groups in total. The SMILES string of the molecule is C/C(=N/N(C)C)c1cc2ccccc2o1.C/C=N\N(C)C.CC. The Hall–Kier alpha value is -2.30. The van der Waals surface area contributed by atoms with Gasteiger partial charge in [0.05, 0.1) is 5.71 Å². The number of fused-ring (bicyclic) bond motifs is 1. The topological polar surface area (TPSA) is 44.3 Å². The van der Waals surface area contributed by atoms with E-state index in [9.17, 15) is 0 Å². The molecule has 0 aliphatic rings. The van der Waals surface area contributed by atoms with Gasteiger partial charge in [-0.05, 0) is 26.0 Å². The average molecular weight is 318 g/mol. The predicted octanol–water partition coefficient (Wildman–Crippen LogP) is 4.30. The molecule has 0 aliphatic carbocycles. The maximum atomic E-state index is 5.67. The molecule has 23 heavy (non-hydrogen) atoms. The molecule has 0 unspecified atom stereocenters. The third-order valence-electron chi connectivity index (χ3n) is 2.48. The van der Waals surface area contributed by atoms with E-state index in [4.69, 9.17) is 4.42 Å². The summed E-state index contributed by atoms with van der Waals surface area (Å²) in [6.45, 7) is 7.83. The maximum Gasteiger partial charge on any atom is 0.151 e. The molecule has 0 fully saturated rings. The van der Waals surface area contributed by atoms with Gasteiger partial charge in [0.1, 0.15) is 5.58 Å². The zero-order valence-electron chi connectivity index (χ0n) is 15.7. The van der Waals surface area contributed by atoms with Gasteiger partial charge in [-0.2, -0.15) is 10.2 Å². The predicted molar refractivity (Wildman–Crippen MR) is 101 cm³/mol. The second kappa shape index (κ2) is 11.3. The van der Waals surface area contributed by atoms with Crippen LogP contribution >= 0.6 is 0 Å². The van der Waals surface area contributed by atoms with Crippen LogP contribution in [0.15, 0.2) is 45.0 Å². The summed E-state index contributed by atoms with van der Waals surface area (Å²) in [6.07, 6.45) is 1.75. The van der Waals surface area contributed by atoms with E-state index in [0.29, 0.717) is 0 Å². The molecule has 1 aromatic carbocycles. The Morgan fingerprint density at radius 2 is 1.65 bits per heavy atom. The third-order valence-corrected chi connectivity index (χ3v) is 2.48. The van der Waals surface area contributed by atoms with Gasteiger partial charge in [0.2, 0.25) is 0 Å². The number of para-hydroxylation sites is 1. The largest absolute Gasteiger partial charge is 0.455 e. The lowest BCUT2D eigenvalue weighted by Gasteiger charge is -2.04. The van der Waals surface area contributed by atoms with Gasteiger partial charge in [0.25, 0.3) is 0 Å². The summed E-state index contributed by atoms with van der Waals surface area (Å²) in [6, 6.07) is 9.97. The van der Waals surface area contributed by atoms with Crippen molar-refractivity contribution < 1.29 is 4.42 Å². The third kappa shape index (κ3) is 8.04. The monoisotopic (exact) mass is 318 g/mol. The first kappa shape index (κ1) is 20.7. The van der Waals surface area contributed by atoms with Gasteiger partial charge < -0.3 is 14.4 Å². The van der Waals surface area contributed by atoms with E-state index in [2.05, 4.69) is 10.2 Å². The summed E-state index contributed by atoms with van der Waals surface area (Å²) < 4.78 is 5.67. The maximum absolute atomic E-state index is 5.67. The van der Waals surface area contributed by atoms with Crippen LogP contribution in [0.25, 0.3) is 11.0 Å². The lowest BCUT2D eigenvalue weighted by molar-refractivity contribution is 0.435. The first-order valence-corrected chi connectivity index (χ1v) is 7.81. The van der Waals surface area contributed by atoms with E-state index in [1.807, 2.05) is 86.2 Å². The van der Waals surface area contributed by atoms with Gasteiger partial charge >= 0.3 is 0 Å². The zero-order valence-corrected chi connectivity index (χ0v) is 15.7. The molecule has 128 valence electrons. The van der Waals surface area contributed by atoms with Crippen molar-refractivity contribution in [1.82, 2.24) is 10.0 Å². The number of hydrogen-bond acceptors (Lipinski definition) is 5. The highest BCUT2D eigenvalue weighted by molar-refractivity contribution is 5.99. The van der Waals surface area contributed by atoms with E-state index in [1.165, 1.54) is 0 Å². The Morgan fingerprint density at radius 3 is 2.09 bits per heavy atom. The molecule has 0 saturated heterocycles. The molecule has 0 amide bonds. The molecular weight excluding hydrogens is 288 g/mol. The number of nitrogens with zero attached hydrogens (tertiary/aromatic N) is 4. The van der Waals surface area contributed by atoms with Crippen LogP contribution in [0.2, 0.25) is 0 Å². The molecular formula is C18H30N4O. The van der Waals surface area contributed by atoms with E-state index in [-0.39, 0.29) is 0 Å². The van der Waals surface area contributed by atoms with E-state index in [1.54, 1.807) is 16.2 Å². The number of hydrogen-bond donors (Lipinski definition) is 0. The number of benzene rings is 1. The minimum atomic E-state index is 0.824. The van der Waals surface area contributed by atoms with Crippen LogP contribution in [0.3, 0.4) is 0 Å². The summed E-state index contributed by atoms with van der Waals surface area (Å²) in [5.41, 5.74) is 1.79. The van der Waals surface area contributed by atoms with Crippen LogP contribution < -0.4 is 0 Å². The Bertz CT molecular complexity index is 579. The van der Waals surface area contributed by atoms with Crippen molar-refractivity contribution in [2.24, 2.45) is 10.2 Å². The zero-order chi connectivity index (χ0) is 17.8. The standard InChI is InChI=1S/C12H14N2O.C4H10N2.C2H6/c1-9(13-14(2)3)12-8-10-6-4-5-7-11(10)15-12;1-4-5-6(2)3;1-2/h4-8H,1-3H3;4H,1-3H3;1-2H3/b13-9-;5-4-;. The van der Waals surface area contributed by atoms with Crippen molar-refractivity contribution in [1.29, 1.82) is 0 Å². The lowest BCUT2D eigenvalue weighted by Crippen LogP contribution is -2.06. The van der Waals surface area contributed by atoms with Crippen LogP contribution in [0.1, 0.15) is 33.5 Å². The van der Waals surface area contributed by atoms with Crippen molar-refractivity contribution in [3.8, 4) is 0 Å². The van der Waals surface area contributed by atoms with Gasteiger partial charge in [-0.25, -0.2) is 0 Å². The van der Waals surface area contributed by atoms with Crippen LogP contribution in [-0.2, 0) is 0 Å². The highest BCUT2D eigenvalue weighted by Gasteiger charge is 2.05. The molecule has 2 aromatic rings. The quantitative estimate of drug-likeness (QED) is 0.626. The van der Waals surface area contributed by atoms with Crippen molar-refractivity contribution in [2.75, 3.05) is 28.2 Å². The summed E-state index contributed by atoms with van der Waals surface area (Å²) in [4.78, 5) is 0. The summed E-state index contributed by atoms with van der Waals surface area (Å²) in [5, 5.41) is 12.8. The van der Waals surface area contributed by atoms with Crippen molar-refractivity contribution >= 4 is 22.9 Å². The summed E-state index contributed by atoms with van der Waals surface area (Å²) in [7, 11) is 7.57. The first-order valence-electron chi connectivity index (χ1n) is 7.81. The van der Waals surface area contributed by atoms with Crippen molar-refractivity contribution in [3.05, 3.63) is 36.1 Å². The van der Waals surface area contributed by atoms with Gasteiger partial charge in [-0.15, -0.1) is 0 Å². The molecule has 0 spiro atoms. The van der Waals surface area contributed by atoms with E-state index >= 15 is 0 Å². The van der Waals surface area contributed by atoms with E-state index < -0.39 is 0 Å². The van der Waals surface area contributed by atoms with Gasteiger partial charge in [0.15, 0.2) is 5.76 Å². The molecule has 0 saturated carbocycles. The number of rotatable bonds is 3. The molecule has 5 nitrogen and oxygen atoms in total. The van der Waals surface area contributed by atoms with Crippen molar-refractivity contribution in [2.45, 2.75) is 27.7 Å². The van der Waals surface area contributed by atoms with Crippen LogP contribution in [0, 0.1) is 0 Å². The van der Waals surface area contributed by atoms with E-state index in [0.717, 1.165) is 22.4 Å². The fourth-order valence-corrected chi connectivity index (χ4v) is 1.74. The molecule has 0 aliphatic heterocycles.